The van der Waals surface area contributed by atoms with E-state index in [1.165, 1.54) is 0 Å². The van der Waals surface area contributed by atoms with E-state index in [-0.39, 0.29) is 5.91 Å². The maximum absolute atomic E-state index is 12.9. The number of carbonyl (C=O) groups excluding carboxylic acids is 1. The second kappa shape index (κ2) is 5.22. The summed E-state index contributed by atoms with van der Waals surface area (Å²) in [6.45, 7) is 0.910. The number of aromatic nitrogens is 1. The number of likely N-dealkylation sites (N-methyl/N-ethyl adjacent to an activating group) is 1. The van der Waals surface area contributed by atoms with E-state index in [0.29, 0.717) is 5.02 Å². The fourth-order valence-electron chi connectivity index (χ4n) is 3.44. The van der Waals surface area contributed by atoms with E-state index < -0.39 is 0 Å². The highest BCUT2D eigenvalue weighted by atomic mass is 35.5. The molecule has 4 rings (SSSR count). The Morgan fingerprint density at radius 3 is 2.52 bits per heavy atom. The minimum Gasteiger partial charge on any atom is -0.309 e. The van der Waals surface area contributed by atoms with Crippen LogP contribution in [-0.4, -0.2) is 36.0 Å². The van der Waals surface area contributed by atoms with Gasteiger partial charge in [-0.2, -0.15) is 0 Å². The fraction of sp³-hybridized carbons (Fsp3) is 0.211. The van der Waals surface area contributed by atoms with Crippen molar-refractivity contribution in [2.75, 3.05) is 20.6 Å². The normalized spacial score (nSPS) is 13.0. The maximum Gasteiger partial charge on any atom is 0.263 e. The molecule has 0 atom stereocenters. The first-order chi connectivity index (χ1) is 11.1. The number of halogens is 1. The van der Waals surface area contributed by atoms with Gasteiger partial charge in [-0.25, -0.2) is 0 Å². The summed E-state index contributed by atoms with van der Waals surface area (Å²) in [6, 6.07) is 13.6. The number of hydrogen-bond donors (Lipinski definition) is 0. The van der Waals surface area contributed by atoms with E-state index in [9.17, 15) is 4.79 Å². The molecule has 0 aliphatic carbocycles. The van der Waals surface area contributed by atoms with Crippen molar-refractivity contribution in [2.45, 2.75) is 6.42 Å². The predicted molar refractivity (Wildman–Crippen MR) is 94.4 cm³/mol. The predicted octanol–water partition coefficient (Wildman–Crippen LogP) is 4.07. The first kappa shape index (κ1) is 14.5. The molecule has 1 aliphatic rings. The Morgan fingerprint density at radius 1 is 1.04 bits per heavy atom. The van der Waals surface area contributed by atoms with Gasteiger partial charge in [-0.1, -0.05) is 35.9 Å². The van der Waals surface area contributed by atoms with Crippen LogP contribution in [0.1, 0.15) is 15.9 Å². The standard InChI is InChI=1S/C19H17ClN2O/c1-21(2)11-10-14-17-15(20)8-5-9-16(17)22-18(14)12-6-3-4-7-13(12)19(22)23/h3-9H,10-11H2,1-2H3. The summed E-state index contributed by atoms with van der Waals surface area (Å²) in [4.78, 5) is 15.0. The fourth-order valence-corrected chi connectivity index (χ4v) is 3.72. The van der Waals surface area contributed by atoms with E-state index in [1.807, 2.05) is 47.0 Å². The molecule has 0 radical (unpaired) electrons. The minimum absolute atomic E-state index is 0.0407. The lowest BCUT2D eigenvalue weighted by Gasteiger charge is -2.10. The second-order valence-electron chi connectivity index (χ2n) is 6.20. The molecular formula is C19H17ClN2O. The van der Waals surface area contributed by atoms with E-state index in [2.05, 4.69) is 19.0 Å². The Hall–Kier alpha value is -2.10. The minimum atomic E-state index is 0.0407. The van der Waals surface area contributed by atoms with Gasteiger partial charge in [0.2, 0.25) is 0 Å². The van der Waals surface area contributed by atoms with Gasteiger partial charge in [-0.3, -0.25) is 9.36 Å². The third-order valence-corrected chi connectivity index (χ3v) is 4.78. The number of benzene rings is 2. The van der Waals surface area contributed by atoms with Gasteiger partial charge in [0, 0.05) is 23.1 Å². The van der Waals surface area contributed by atoms with Crippen molar-refractivity contribution in [3.05, 3.63) is 58.6 Å². The highest BCUT2D eigenvalue weighted by molar-refractivity contribution is 6.36. The summed E-state index contributed by atoms with van der Waals surface area (Å²) in [5, 5.41) is 1.72. The summed E-state index contributed by atoms with van der Waals surface area (Å²) >= 11 is 6.48. The largest absolute Gasteiger partial charge is 0.309 e. The lowest BCUT2D eigenvalue weighted by Crippen LogP contribution is -2.15. The zero-order valence-electron chi connectivity index (χ0n) is 13.1. The van der Waals surface area contributed by atoms with Gasteiger partial charge < -0.3 is 4.90 Å². The summed E-state index contributed by atoms with van der Waals surface area (Å²) < 4.78 is 1.83. The van der Waals surface area contributed by atoms with Gasteiger partial charge in [0.25, 0.3) is 5.91 Å². The summed E-state index contributed by atoms with van der Waals surface area (Å²) in [5.41, 5.74) is 4.87. The molecule has 116 valence electrons. The SMILES string of the molecule is CN(C)CCc1c2n(c3cccc(Cl)c13)C(=O)c1ccccc1-2. The molecule has 1 aromatic heterocycles. The average molecular weight is 325 g/mol. The number of nitrogens with zero attached hydrogens (tertiary/aromatic N) is 2. The van der Waals surface area contributed by atoms with E-state index in [1.54, 1.807) is 0 Å². The molecule has 3 nitrogen and oxygen atoms in total. The molecule has 0 unspecified atom stereocenters. The van der Waals surface area contributed by atoms with Gasteiger partial charge in [-0.15, -0.1) is 0 Å². The molecule has 0 fully saturated rings. The van der Waals surface area contributed by atoms with E-state index >= 15 is 0 Å². The molecule has 0 bridgehead atoms. The zero-order chi connectivity index (χ0) is 16.1. The summed E-state index contributed by atoms with van der Waals surface area (Å²) in [5.74, 6) is 0.0407. The van der Waals surface area contributed by atoms with Gasteiger partial charge >= 0.3 is 0 Å². The molecule has 1 aliphatic heterocycles. The number of fused-ring (bicyclic) bond motifs is 5. The lowest BCUT2D eigenvalue weighted by atomic mass is 10.00. The van der Waals surface area contributed by atoms with Crippen molar-refractivity contribution in [3.8, 4) is 11.3 Å². The monoisotopic (exact) mass is 324 g/mol. The molecule has 0 saturated carbocycles. The van der Waals surface area contributed by atoms with Crippen LogP contribution in [0.2, 0.25) is 5.02 Å². The number of carbonyl (C=O) groups is 1. The highest BCUT2D eigenvalue weighted by Gasteiger charge is 2.32. The van der Waals surface area contributed by atoms with Crippen LogP contribution in [0.25, 0.3) is 22.2 Å². The molecule has 3 aromatic rings. The first-order valence-electron chi connectivity index (χ1n) is 7.70. The van der Waals surface area contributed by atoms with Crippen molar-refractivity contribution in [2.24, 2.45) is 0 Å². The van der Waals surface area contributed by atoms with Crippen LogP contribution in [0.5, 0.6) is 0 Å². The summed E-state index contributed by atoms with van der Waals surface area (Å²) in [7, 11) is 4.11. The Bertz CT molecular complexity index is 940. The van der Waals surface area contributed by atoms with E-state index in [4.69, 9.17) is 11.6 Å². The second-order valence-corrected chi connectivity index (χ2v) is 6.61. The van der Waals surface area contributed by atoms with Crippen molar-refractivity contribution >= 4 is 28.4 Å². The number of rotatable bonds is 3. The quantitative estimate of drug-likeness (QED) is 0.567. The topological polar surface area (TPSA) is 25.2 Å². The van der Waals surface area contributed by atoms with Gasteiger partial charge in [0.1, 0.15) is 0 Å². The zero-order valence-corrected chi connectivity index (χ0v) is 13.9. The maximum atomic E-state index is 12.9. The van der Waals surface area contributed by atoms with Crippen molar-refractivity contribution in [3.63, 3.8) is 0 Å². The lowest BCUT2D eigenvalue weighted by molar-refractivity contribution is 0.0973. The third-order valence-electron chi connectivity index (χ3n) is 4.47. The Labute approximate surface area is 140 Å². The Balaban J connectivity index is 2.07. The molecule has 0 N–H and O–H groups in total. The highest BCUT2D eigenvalue weighted by Crippen LogP contribution is 2.43. The van der Waals surface area contributed by atoms with Crippen LogP contribution < -0.4 is 0 Å². The van der Waals surface area contributed by atoms with Crippen LogP contribution in [0.4, 0.5) is 0 Å². The van der Waals surface area contributed by atoms with Crippen molar-refractivity contribution in [1.29, 1.82) is 0 Å². The molecule has 2 aromatic carbocycles. The Kier molecular flexibility index (Phi) is 3.29. The van der Waals surface area contributed by atoms with Crippen LogP contribution in [0, 0.1) is 0 Å². The van der Waals surface area contributed by atoms with Crippen LogP contribution in [0.3, 0.4) is 0 Å². The third kappa shape index (κ3) is 2.04. The summed E-state index contributed by atoms with van der Waals surface area (Å²) in [6.07, 6.45) is 0.858. The van der Waals surface area contributed by atoms with Crippen molar-refractivity contribution in [1.82, 2.24) is 9.47 Å². The van der Waals surface area contributed by atoms with Gasteiger partial charge in [0.05, 0.1) is 16.2 Å². The van der Waals surface area contributed by atoms with E-state index in [0.717, 1.165) is 46.3 Å². The average Bonchev–Trinajstić information content (AvgIpc) is 3.01. The molecule has 23 heavy (non-hydrogen) atoms. The molecule has 0 amide bonds. The number of hydrogen-bond acceptors (Lipinski definition) is 2. The molecule has 0 saturated heterocycles. The first-order valence-corrected chi connectivity index (χ1v) is 8.08. The molecular weight excluding hydrogens is 308 g/mol. The van der Waals surface area contributed by atoms with Crippen LogP contribution in [-0.2, 0) is 6.42 Å². The molecule has 4 heteroatoms. The smallest absolute Gasteiger partial charge is 0.263 e. The molecule has 2 heterocycles. The van der Waals surface area contributed by atoms with Gasteiger partial charge in [-0.05, 0) is 44.3 Å². The van der Waals surface area contributed by atoms with Crippen LogP contribution >= 0.6 is 11.6 Å². The van der Waals surface area contributed by atoms with Crippen molar-refractivity contribution < 1.29 is 4.79 Å². The molecule has 0 spiro atoms. The van der Waals surface area contributed by atoms with Crippen LogP contribution in [0.15, 0.2) is 42.5 Å². The van der Waals surface area contributed by atoms with Gasteiger partial charge in [0.15, 0.2) is 0 Å². The Morgan fingerprint density at radius 2 is 1.78 bits per heavy atom.